The van der Waals surface area contributed by atoms with Gasteiger partial charge in [-0.1, -0.05) is 32.0 Å². The summed E-state index contributed by atoms with van der Waals surface area (Å²) < 4.78 is 2.16. The molecule has 0 aliphatic rings. The summed E-state index contributed by atoms with van der Waals surface area (Å²) in [5, 5.41) is 4.40. The fraction of sp³-hybridized carbons (Fsp3) is 0.526. The van der Waals surface area contributed by atoms with Crippen LogP contribution in [0, 0.1) is 5.92 Å². The zero-order valence-corrected chi connectivity index (χ0v) is 15.0. The van der Waals surface area contributed by atoms with Crippen molar-refractivity contribution < 1.29 is 4.79 Å². The lowest BCUT2D eigenvalue weighted by atomic mass is 10.0. The molecule has 0 aliphatic carbocycles. The lowest BCUT2D eigenvalue weighted by molar-refractivity contribution is -0.125. The normalized spacial score (nSPS) is 13.0. The molecule has 0 spiro atoms. The molecule has 2 rings (SSSR count). The average Bonchev–Trinajstić information content (AvgIpc) is 2.86. The number of para-hydroxylation sites is 1. The third-order valence-corrected chi connectivity index (χ3v) is 4.74. The van der Waals surface area contributed by atoms with E-state index in [9.17, 15) is 4.79 Å². The van der Waals surface area contributed by atoms with Crippen LogP contribution in [0.3, 0.4) is 0 Å². The molecule has 0 fully saturated rings. The highest BCUT2D eigenvalue weighted by Gasteiger charge is 2.21. The van der Waals surface area contributed by atoms with Crippen molar-refractivity contribution in [1.29, 1.82) is 0 Å². The van der Waals surface area contributed by atoms with Gasteiger partial charge in [-0.15, -0.1) is 0 Å². The number of rotatable bonds is 7. The van der Waals surface area contributed by atoms with Gasteiger partial charge in [0.2, 0.25) is 5.91 Å². The van der Waals surface area contributed by atoms with Crippen molar-refractivity contribution in [2.45, 2.75) is 32.7 Å². The molecule has 0 saturated carbocycles. The molecular weight excluding hydrogens is 286 g/mol. The number of nitrogens with zero attached hydrogens (tertiary/aromatic N) is 2. The van der Waals surface area contributed by atoms with E-state index in [1.54, 1.807) is 0 Å². The molecule has 1 heterocycles. The highest BCUT2D eigenvalue weighted by Crippen LogP contribution is 2.28. The maximum absolute atomic E-state index is 12.3. The molecule has 4 nitrogen and oxygen atoms in total. The monoisotopic (exact) mass is 315 g/mol. The van der Waals surface area contributed by atoms with Gasteiger partial charge >= 0.3 is 0 Å². The summed E-state index contributed by atoms with van der Waals surface area (Å²) in [5.74, 6) is 0.285. The Morgan fingerprint density at radius 2 is 1.87 bits per heavy atom. The number of hydrogen-bond donors (Lipinski definition) is 1. The number of carbonyl (C=O) groups excluding carboxylic acids is 1. The molecule has 23 heavy (non-hydrogen) atoms. The number of carbonyl (C=O) groups is 1. The standard InChI is InChI=1S/C19H29N3O/c1-6-14(7-2)19(23)20-12-18(21(3)4)16-13-22(5)17-11-9-8-10-15(16)17/h8-11,13-14,18H,6-7,12H2,1-5H3,(H,20,23). The van der Waals surface area contributed by atoms with Crippen LogP contribution in [0.4, 0.5) is 0 Å². The molecule has 0 saturated heterocycles. The minimum atomic E-state index is 0.116. The zero-order valence-electron chi connectivity index (χ0n) is 15.0. The number of amides is 1. The van der Waals surface area contributed by atoms with Crippen molar-refractivity contribution in [3.05, 3.63) is 36.0 Å². The van der Waals surface area contributed by atoms with Gasteiger partial charge in [0, 0.05) is 36.6 Å². The van der Waals surface area contributed by atoms with Crippen molar-refractivity contribution in [2.24, 2.45) is 13.0 Å². The van der Waals surface area contributed by atoms with Crippen LogP contribution in [-0.2, 0) is 11.8 Å². The largest absolute Gasteiger partial charge is 0.354 e. The van der Waals surface area contributed by atoms with Crippen molar-refractivity contribution in [3.8, 4) is 0 Å². The molecule has 0 radical (unpaired) electrons. The highest BCUT2D eigenvalue weighted by molar-refractivity contribution is 5.84. The maximum Gasteiger partial charge on any atom is 0.223 e. The van der Waals surface area contributed by atoms with Gasteiger partial charge in [-0.2, -0.15) is 0 Å². The van der Waals surface area contributed by atoms with E-state index in [1.165, 1.54) is 16.5 Å². The van der Waals surface area contributed by atoms with E-state index in [0.29, 0.717) is 6.54 Å². The summed E-state index contributed by atoms with van der Waals surface area (Å²) in [4.78, 5) is 14.5. The summed E-state index contributed by atoms with van der Waals surface area (Å²) in [5.41, 5.74) is 2.48. The Morgan fingerprint density at radius 3 is 2.48 bits per heavy atom. The van der Waals surface area contributed by atoms with Crippen LogP contribution in [0.25, 0.3) is 10.9 Å². The molecule has 0 aliphatic heterocycles. The number of aromatic nitrogens is 1. The first-order valence-electron chi connectivity index (χ1n) is 8.47. The molecular formula is C19H29N3O. The van der Waals surface area contributed by atoms with Gasteiger partial charge in [0.15, 0.2) is 0 Å². The van der Waals surface area contributed by atoms with Gasteiger partial charge in [0.1, 0.15) is 0 Å². The first-order valence-corrected chi connectivity index (χ1v) is 8.47. The van der Waals surface area contributed by atoms with Crippen LogP contribution in [0.5, 0.6) is 0 Å². The molecule has 4 heteroatoms. The molecule has 1 aromatic carbocycles. The summed E-state index contributed by atoms with van der Waals surface area (Å²) >= 11 is 0. The molecule has 1 unspecified atom stereocenters. The summed E-state index contributed by atoms with van der Waals surface area (Å²) in [6.45, 7) is 4.78. The van der Waals surface area contributed by atoms with Gasteiger partial charge in [0.25, 0.3) is 0 Å². The average molecular weight is 315 g/mol. The summed E-state index contributed by atoms with van der Waals surface area (Å²) in [7, 11) is 6.20. The Labute approximate surface area is 139 Å². The van der Waals surface area contributed by atoms with Crippen molar-refractivity contribution in [3.63, 3.8) is 0 Å². The SMILES string of the molecule is CCC(CC)C(=O)NCC(c1cn(C)c2ccccc12)N(C)C. The first-order chi connectivity index (χ1) is 11.0. The lowest BCUT2D eigenvalue weighted by Crippen LogP contribution is -2.37. The fourth-order valence-electron chi connectivity index (χ4n) is 3.21. The maximum atomic E-state index is 12.3. The predicted octanol–water partition coefficient (Wildman–Crippen LogP) is 3.33. The Morgan fingerprint density at radius 1 is 1.22 bits per heavy atom. The second-order valence-electron chi connectivity index (χ2n) is 6.45. The van der Waals surface area contributed by atoms with Gasteiger partial charge in [-0.05, 0) is 38.6 Å². The molecule has 2 aromatic rings. The number of nitrogens with one attached hydrogen (secondary N) is 1. The quantitative estimate of drug-likeness (QED) is 0.851. The molecule has 0 bridgehead atoms. The number of hydrogen-bond acceptors (Lipinski definition) is 2. The lowest BCUT2D eigenvalue weighted by Gasteiger charge is -2.25. The third-order valence-electron chi connectivity index (χ3n) is 4.74. The van der Waals surface area contributed by atoms with Crippen molar-refractivity contribution in [2.75, 3.05) is 20.6 Å². The Bertz CT molecular complexity index is 656. The third kappa shape index (κ3) is 3.75. The minimum Gasteiger partial charge on any atom is -0.354 e. The van der Waals surface area contributed by atoms with E-state index in [4.69, 9.17) is 0 Å². The number of fused-ring (bicyclic) bond motifs is 1. The topological polar surface area (TPSA) is 37.3 Å². The van der Waals surface area contributed by atoms with E-state index in [0.717, 1.165) is 12.8 Å². The van der Waals surface area contributed by atoms with Crippen molar-refractivity contribution in [1.82, 2.24) is 14.8 Å². The second-order valence-corrected chi connectivity index (χ2v) is 6.45. The number of aryl methyl sites for hydroxylation is 1. The van der Waals surface area contributed by atoms with E-state index >= 15 is 0 Å². The molecule has 1 N–H and O–H groups in total. The van der Waals surface area contributed by atoms with Crippen LogP contribution in [0.15, 0.2) is 30.5 Å². The van der Waals surface area contributed by atoms with Crippen LogP contribution in [0.2, 0.25) is 0 Å². The highest BCUT2D eigenvalue weighted by atomic mass is 16.1. The van der Waals surface area contributed by atoms with Crippen LogP contribution < -0.4 is 5.32 Å². The summed E-state index contributed by atoms with van der Waals surface area (Å²) in [6.07, 6.45) is 3.96. The van der Waals surface area contributed by atoms with Gasteiger partial charge in [0.05, 0.1) is 6.04 Å². The first kappa shape index (κ1) is 17.5. The molecule has 1 atom stereocenters. The number of benzene rings is 1. The fourth-order valence-corrected chi connectivity index (χ4v) is 3.21. The van der Waals surface area contributed by atoms with E-state index < -0.39 is 0 Å². The Hall–Kier alpha value is -1.81. The van der Waals surface area contributed by atoms with E-state index in [1.807, 2.05) is 0 Å². The minimum absolute atomic E-state index is 0.116. The molecule has 126 valence electrons. The smallest absolute Gasteiger partial charge is 0.223 e. The van der Waals surface area contributed by atoms with Crippen molar-refractivity contribution >= 4 is 16.8 Å². The van der Waals surface area contributed by atoms with E-state index in [-0.39, 0.29) is 17.9 Å². The van der Waals surface area contributed by atoms with Crippen LogP contribution in [0.1, 0.15) is 38.3 Å². The van der Waals surface area contributed by atoms with Gasteiger partial charge in [-0.25, -0.2) is 0 Å². The summed E-state index contributed by atoms with van der Waals surface area (Å²) in [6, 6.07) is 8.59. The van der Waals surface area contributed by atoms with Gasteiger partial charge in [-0.3, -0.25) is 4.79 Å². The molecule has 1 aromatic heterocycles. The number of likely N-dealkylation sites (N-methyl/N-ethyl adjacent to an activating group) is 1. The second kappa shape index (κ2) is 7.64. The van der Waals surface area contributed by atoms with Crippen LogP contribution >= 0.6 is 0 Å². The van der Waals surface area contributed by atoms with E-state index in [2.05, 4.69) is 80.2 Å². The predicted molar refractivity (Wildman–Crippen MR) is 96.4 cm³/mol. The van der Waals surface area contributed by atoms with Crippen LogP contribution in [-0.4, -0.2) is 36.0 Å². The zero-order chi connectivity index (χ0) is 17.0. The molecule has 1 amide bonds. The Balaban J connectivity index is 2.23. The van der Waals surface area contributed by atoms with Gasteiger partial charge < -0.3 is 14.8 Å². The Kier molecular flexibility index (Phi) is 5.83.